The minimum atomic E-state index is -2.66. The van der Waals surface area contributed by atoms with Crippen LogP contribution < -0.4 is 5.32 Å². The number of hydrogen-bond donors (Lipinski definition) is 3. The van der Waals surface area contributed by atoms with Gasteiger partial charge in [-0.25, -0.2) is 13.6 Å². The number of fused-ring (bicyclic) bond motifs is 1. The second-order valence-electron chi connectivity index (χ2n) is 5.93. The van der Waals surface area contributed by atoms with Gasteiger partial charge in [-0.1, -0.05) is 0 Å². The first-order valence-electron chi connectivity index (χ1n) is 7.13. The molecule has 1 saturated heterocycles. The summed E-state index contributed by atoms with van der Waals surface area (Å²) in [4.78, 5) is 11.7. The average molecular weight is 350 g/mol. The minimum Gasteiger partial charge on any atom is -0.462 e. The van der Waals surface area contributed by atoms with Crippen molar-refractivity contribution in [2.45, 2.75) is 30.6 Å². The highest BCUT2D eigenvalue weighted by molar-refractivity contribution is 5.85. The summed E-state index contributed by atoms with van der Waals surface area (Å²) in [7, 11) is 0. The summed E-state index contributed by atoms with van der Waals surface area (Å²) in [6, 6.07) is 2.35. The van der Waals surface area contributed by atoms with Gasteiger partial charge in [-0.15, -0.1) is 12.4 Å². The molecule has 8 heteroatoms. The first-order valence-corrected chi connectivity index (χ1v) is 7.13. The first-order chi connectivity index (χ1) is 10.3. The van der Waals surface area contributed by atoms with E-state index in [9.17, 15) is 23.8 Å². The number of carbonyl (C=O) groups is 1. The second-order valence-corrected chi connectivity index (χ2v) is 5.93. The molecule has 1 saturated carbocycles. The van der Waals surface area contributed by atoms with Crippen LogP contribution in [0.25, 0.3) is 0 Å². The number of piperidine rings is 1. The zero-order valence-corrected chi connectivity index (χ0v) is 13.2. The quantitative estimate of drug-likeness (QED) is 0.555. The molecule has 23 heavy (non-hydrogen) atoms. The number of halogens is 3. The van der Waals surface area contributed by atoms with Crippen LogP contribution in [0.2, 0.25) is 0 Å². The summed E-state index contributed by atoms with van der Waals surface area (Å²) in [6.45, 7) is 1.90. The topological polar surface area (TPSA) is 78.8 Å². The lowest BCUT2D eigenvalue weighted by atomic mass is 9.92. The third kappa shape index (κ3) is 2.82. The van der Waals surface area contributed by atoms with Crippen molar-refractivity contribution in [3.8, 4) is 0 Å². The fourth-order valence-corrected chi connectivity index (χ4v) is 3.47. The summed E-state index contributed by atoms with van der Waals surface area (Å²) in [6.07, 6.45) is 0.524. The molecular weight excluding hydrogens is 332 g/mol. The van der Waals surface area contributed by atoms with Gasteiger partial charge in [0.2, 0.25) is 0 Å². The lowest BCUT2D eigenvalue weighted by molar-refractivity contribution is -0.219. The molecule has 2 aliphatic rings. The number of hydrogen-bond acceptors (Lipinski definition) is 5. The molecule has 1 aromatic rings. The number of benzene rings is 1. The van der Waals surface area contributed by atoms with Crippen molar-refractivity contribution in [3.05, 3.63) is 35.4 Å². The summed E-state index contributed by atoms with van der Waals surface area (Å²) in [5, 5.41) is 23.0. The molecule has 0 spiro atoms. The number of nitrogens with one attached hydrogen (secondary N) is 1. The van der Waals surface area contributed by atoms with Crippen LogP contribution in [0.4, 0.5) is 8.78 Å². The first kappa shape index (κ1) is 18.1. The Morgan fingerprint density at radius 1 is 1.39 bits per heavy atom. The Labute approximate surface area is 138 Å². The fraction of sp³-hybridized carbons (Fsp3) is 0.533. The molecule has 1 aliphatic heterocycles. The standard InChI is InChI=1S/C15H17F2NO4.ClH/c1-2-22-13(19)15(20,21)12-11-6-14(11,7-18-12)8-3-9(16)5-10(17)4-8;/h3-5,11-12,18,20-21H,2,6-7H2,1H3;1H/t11?,12?,14-;/m1./s1. The molecule has 1 aromatic carbocycles. The third-order valence-electron chi connectivity index (χ3n) is 4.62. The molecule has 2 unspecified atom stereocenters. The minimum absolute atomic E-state index is 0. The number of rotatable bonds is 4. The molecule has 0 radical (unpaired) electrons. The van der Waals surface area contributed by atoms with Gasteiger partial charge in [0.25, 0.3) is 5.79 Å². The maximum atomic E-state index is 13.4. The SMILES string of the molecule is CCOC(=O)C(O)(O)C1NC[C@@]2(c3cc(F)cc(F)c3)CC12.Cl. The summed E-state index contributed by atoms with van der Waals surface area (Å²) < 4.78 is 31.5. The molecule has 3 atom stereocenters. The smallest absolute Gasteiger partial charge is 0.368 e. The van der Waals surface area contributed by atoms with Gasteiger partial charge in [-0.05, 0) is 37.0 Å². The van der Waals surface area contributed by atoms with Gasteiger partial charge in [-0.3, -0.25) is 0 Å². The number of ether oxygens (including phenoxy) is 1. The van der Waals surface area contributed by atoms with Gasteiger partial charge in [-0.2, -0.15) is 0 Å². The van der Waals surface area contributed by atoms with Gasteiger partial charge in [0.1, 0.15) is 11.6 Å². The highest BCUT2D eigenvalue weighted by Crippen LogP contribution is 2.60. The van der Waals surface area contributed by atoms with Crippen LogP contribution in [0, 0.1) is 17.6 Å². The maximum absolute atomic E-state index is 13.4. The predicted molar refractivity (Wildman–Crippen MR) is 79.0 cm³/mol. The Hall–Kier alpha value is -1.28. The molecule has 0 bridgehead atoms. The Kier molecular flexibility index (Phi) is 4.69. The van der Waals surface area contributed by atoms with Crippen LogP contribution in [0.5, 0.6) is 0 Å². The van der Waals surface area contributed by atoms with Crippen LogP contribution in [-0.4, -0.2) is 41.2 Å². The molecule has 1 heterocycles. The molecule has 0 amide bonds. The van der Waals surface area contributed by atoms with Crippen molar-refractivity contribution in [3.63, 3.8) is 0 Å². The Morgan fingerprint density at radius 3 is 2.52 bits per heavy atom. The molecular formula is C15H18ClF2NO4. The number of aliphatic hydroxyl groups is 2. The van der Waals surface area contributed by atoms with E-state index >= 15 is 0 Å². The van der Waals surface area contributed by atoms with E-state index in [4.69, 9.17) is 0 Å². The van der Waals surface area contributed by atoms with Crippen molar-refractivity contribution >= 4 is 18.4 Å². The van der Waals surface area contributed by atoms with Crippen molar-refractivity contribution in [2.75, 3.05) is 13.2 Å². The van der Waals surface area contributed by atoms with Crippen molar-refractivity contribution in [2.24, 2.45) is 5.92 Å². The van der Waals surface area contributed by atoms with Gasteiger partial charge in [0, 0.05) is 18.0 Å². The summed E-state index contributed by atoms with van der Waals surface area (Å²) >= 11 is 0. The molecule has 128 valence electrons. The van der Waals surface area contributed by atoms with E-state index in [-0.39, 0.29) is 24.9 Å². The Bertz CT molecular complexity index is 607. The van der Waals surface area contributed by atoms with E-state index in [1.807, 2.05) is 0 Å². The maximum Gasteiger partial charge on any atom is 0.368 e. The monoisotopic (exact) mass is 349 g/mol. The molecule has 5 nitrogen and oxygen atoms in total. The van der Waals surface area contributed by atoms with Crippen molar-refractivity contribution in [1.82, 2.24) is 5.32 Å². The van der Waals surface area contributed by atoms with Crippen LogP contribution in [0.15, 0.2) is 18.2 Å². The number of carbonyl (C=O) groups excluding carboxylic acids is 1. The van der Waals surface area contributed by atoms with Gasteiger partial charge in [0.05, 0.1) is 12.6 Å². The molecule has 1 aliphatic carbocycles. The van der Waals surface area contributed by atoms with E-state index < -0.39 is 34.8 Å². The fourth-order valence-electron chi connectivity index (χ4n) is 3.47. The van der Waals surface area contributed by atoms with E-state index in [2.05, 4.69) is 10.1 Å². The lowest BCUT2D eigenvalue weighted by Gasteiger charge is -2.27. The van der Waals surface area contributed by atoms with E-state index in [0.717, 1.165) is 6.07 Å². The van der Waals surface area contributed by atoms with Gasteiger partial charge >= 0.3 is 5.97 Å². The van der Waals surface area contributed by atoms with E-state index in [1.54, 1.807) is 6.92 Å². The zero-order valence-electron chi connectivity index (χ0n) is 12.4. The summed E-state index contributed by atoms with van der Waals surface area (Å²) in [5.41, 5.74) is -0.110. The van der Waals surface area contributed by atoms with Crippen molar-refractivity contribution in [1.29, 1.82) is 0 Å². The molecule has 3 rings (SSSR count). The van der Waals surface area contributed by atoms with Crippen molar-refractivity contribution < 1.29 is 28.5 Å². The van der Waals surface area contributed by atoms with Crippen LogP contribution in [0.3, 0.4) is 0 Å². The molecule has 0 aromatic heterocycles. The largest absolute Gasteiger partial charge is 0.462 e. The third-order valence-corrected chi connectivity index (χ3v) is 4.62. The average Bonchev–Trinajstić information content (AvgIpc) is 3.03. The van der Waals surface area contributed by atoms with Gasteiger partial charge < -0.3 is 20.3 Å². The van der Waals surface area contributed by atoms with Gasteiger partial charge in [0.15, 0.2) is 0 Å². The van der Waals surface area contributed by atoms with Crippen LogP contribution >= 0.6 is 12.4 Å². The lowest BCUT2D eigenvalue weighted by Crippen LogP contribution is -2.56. The normalized spacial score (nSPS) is 28.7. The second kappa shape index (κ2) is 5.98. The zero-order chi connectivity index (χ0) is 16.1. The predicted octanol–water partition coefficient (Wildman–Crippen LogP) is 0.860. The van der Waals surface area contributed by atoms with E-state index in [1.165, 1.54) is 12.1 Å². The molecule has 3 N–H and O–H groups in total. The van der Waals surface area contributed by atoms with Crippen LogP contribution in [-0.2, 0) is 14.9 Å². The highest BCUT2D eigenvalue weighted by Gasteiger charge is 2.68. The Morgan fingerprint density at radius 2 is 2.00 bits per heavy atom. The van der Waals surface area contributed by atoms with E-state index in [0.29, 0.717) is 18.5 Å². The summed E-state index contributed by atoms with van der Waals surface area (Å²) in [5.74, 6) is -5.44. The molecule has 2 fully saturated rings. The highest BCUT2D eigenvalue weighted by atomic mass is 35.5. The van der Waals surface area contributed by atoms with Crippen LogP contribution in [0.1, 0.15) is 18.9 Å². The number of esters is 1. The Balaban J connectivity index is 0.00000192.